The van der Waals surface area contributed by atoms with Gasteiger partial charge in [0.25, 0.3) is 0 Å². The van der Waals surface area contributed by atoms with Gasteiger partial charge >= 0.3 is 0 Å². The first-order chi connectivity index (χ1) is 18.7. The fourth-order valence-electron chi connectivity index (χ4n) is 5.40. The summed E-state index contributed by atoms with van der Waals surface area (Å²) in [6.45, 7) is 13.9. The van der Waals surface area contributed by atoms with Gasteiger partial charge in [-0.3, -0.25) is 4.98 Å². The van der Waals surface area contributed by atoms with E-state index in [1.807, 2.05) is 0 Å². The van der Waals surface area contributed by atoms with Crippen molar-refractivity contribution < 1.29 is 0 Å². The molecule has 0 fully saturated rings. The summed E-state index contributed by atoms with van der Waals surface area (Å²) in [6.07, 6.45) is 0. The predicted octanol–water partition coefficient (Wildman–Crippen LogP) is 8.92. The van der Waals surface area contributed by atoms with Crippen molar-refractivity contribution in [3.63, 3.8) is 0 Å². The van der Waals surface area contributed by atoms with Crippen LogP contribution in [0.15, 0.2) is 97.1 Å². The normalized spacial score (nSPS) is 12.5. The van der Waals surface area contributed by atoms with Gasteiger partial charge in [-0.1, -0.05) is 90.5 Å². The van der Waals surface area contributed by atoms with Gasteiger partial charge in [0.2, 0.25) is 0 Å². The summed E-state index contributed by atoms with van der Waals surface area (Å²) in [4.78, 5) is 5.36. The monoisotopic (exact) mass is 513 g/mol. The first kappa shape index (κ1) is 26.6. The number of hydrogen-bond donors (Lipinski definition) is 2. The van der Waals surface area contributed by atoms with E-state index < -0.39 is 0 Å². The minimum atomic E-state index is -0.0858. The molecule has 0 saturated heterocycles. The van der Waals surface area contributed by atoms with E-state index in [1.54, 1.807) is 0 Å². The minimum Gasteiger partial charge on any atom is -0.372 e. The number of hydrogen-bond acceptors (Lipinski definition) is 3. The van der Waals surface area contributed by atoms with Gasteiger partial charge in [-0.25, -0.2) is 0 Å². The van der Waals surface area contributed by atoms with Gasteiger partial charge in [0.15, 0.2) is 0 Å². The molecule has 0 radical (unpaired) electrons. The highest BCUT2D eigenvalue weighted by Crippen LogP contribution is 2.35. The van der Waals surface area contributed by atoms with Gasteiger partial charge < -0.3 is 10.6 Å². The van der Waals surface area contributed by atoms with Crippen molar-refractivity contribution in [1.29, 1.82) is 0 Å². The summed E-state index contributed by atoms with van der Waals surface area (Å²) in [5.41, 5.74) is 10.6. The summed E-state index contributed by atoms with van der Waals surface area (Å²) in [5.74, 6) is 0. The molecule has 0 bridgehead atoms. The van der Waals surface area contributed by atoms with E-state index in [0.29, 0.717) is 0 Å². The first-order valence-corrected chi connectivity index (χ1v) is 13.8. The molecule has 3 heteroatoms. The molecule has 198 valence electrons. The highest BCUT2D eigenvalue weighted by Gasteiger charge is 2.20. The van der Waals surface area contributed by atoms with Crippen molar-refractivity contribution in [1.82, 2.24) is 10.3 Å². The Hall–Kier alpha value is -3.95. The van der Waals surface area contributed by atoms with Crippen LogP contribution in [0.4, 0.5) is 5.69 Å². The lowest BCUT2D eigenvalue weighted by molar-refractivity contribution is 0.424. The lowest BCUT2D eigenvalue weighted by Gasteiger charge is -2.25. The Morgan fingerprint density at radius 2 is 1.44 bits per heavy atom. The molecule has 1 aromatic heterocycles. The molecule has 5 aromatic rings. The molecule has 0 spiro atoms. The smallest absolute Gasteiger partial charge is 0.0940 e. The van der Waals surface area contributed by atoms with Crippen LogP contribution >= 0.6 is 0 Å². The number of pyridine rings is 1. The fourth-order valence-corrected chi connectivity index (χ4v) is 5.40. The summed E-state index contributed by atoms with van der Waals surface area (Å²) in [5, 5.41) is 10.0. The molecule has 1 atom stereocenters. The van der Waals surface area contributed by atoms with E-state index in [4.69, 9.17) is 4.98 Å². The van der Waals surface area contributed by atoms with Crippen LogP contribution in [-0.2, 0) is 6.54 Å². The quantitative estimate of drug-likeness (QED) is 0.228. The van der Waals surface area contributed by atoms with Gasteiger partial charge in [-0.2, -0.15) is 0 Å². The van der Waals surface area contributed by atoms with Crippen LogP contribution in [0.25, 0.3) is 22.0 Å². The third kappa shape index (κ3) is 6.05. The van der Waals surface area contributed by atoms with Gasteiger partial charge in [0, 0.05) is 23.3 Å². The number of nitrogens with zero attached hydrogens (tertiary/aromatic N) is 1. The Morgan fingerprint density at radius 3 is 2.15 bits per heavy atom. The predicted molar refractivity (Wildman–Crippen MR) is 166 cm³/mol. The van der Waals surface area contributed by atoms with Crippen LogP contribution in [0.2, 0.25) is 0 Å². The Balaban J connectivity index is 1.64. The number of fused-ring (bicyclic) bond motifs is 1. The number of rotatable bonds is 7. The molecule has 39 heavy (non-hydrogen) atoms. The molecule has 0 amide bonds. The Labute approximate surface area is 233 Å². The molecule has 2 N–H and O–H groups in total. The molecule has 3 nitrogen and oxygen atoms in total. The molecule has 0 aliphatic heterocycles. The molecule has 1 unspecified atom stereocenters. The third-order valence-corrected chi connectivity index (χ3v) is 7.25. The molecule has 4 aromatic carbocycles. The number of benzene rings is 4. The average Bonchev–Trinajstić information content (AvgIpc) is 2.91. The van der Waals surface area contributed by atoms with Gasteiger partial charge in [-0.15, -0.1) is 0 Å². The lowest BCUT2D eigenvalue weighted by Crippen LogP contribution is -2.35. The van der Waals surface area contributed by atoms with Crippen LogP contribution < -0.4 is 10.6 Å². The van der Waals surface area contributed by atoms with Gasteiger partial charge in [0.05, 0.1) is 17.4 Å². The second-order valence-electron chi connectivity index (χ2n) is 11.6. The van der Waals surface area contributed by atoms with E-state index in [2.05, 4.69) is 149 Å². The molecule has 1 heterocycles. The summed E-state index contributed by atoms with van der Waals surface area (Å²) in [6, 6.07) is 34.6. The summed E-state index contributed by atoms with van der Waals surface area (Å²) in [7, 11) is 0. The second kappa shape index (κ2) is 11.0. The lowest BCUT2D eigenvalue weighted by atomic mass is 9.94. The number of nitrogens with one attached hydrogen (secondary N) is 2. The van der Waals surface area contributed by atoms with E-state index >= 15 is 0 Å². The van der Waals surface area contributed by atoms with E-state index in [1.165, 1.54) is 49.8 Å². The highest BCUT2D eigenvalue weighted by molar-refractivity contribution is 5.97. The molecule has 5 rings (SSSR count). The van der Waals surface area contributed by atoms with Crippen molar-refractivity contribution >= 4 is 16.5 Å². The average molecular weight is 514 g/mol. The van der Waals surface area contributed by atoms with Crippen LogP contribution in [0, 0.1) is 20.8 Å². The molecular weight excluding hydrogens is 474 g/mol. The van der Waals surface area contributed by atoms with Crippen molar-refractivity contribution in [2.75, 3.05) is 5.32 Å². The minimum absolute atomic E-state index is 0.0181. The van der Waals surface area contributed by atoms with Crippen molar-refractivity contribution in [3.8, 4) is 11.3 Å². The maximum Gasteiger partial charge on any atom is 0.0940 e. The number of aromatic nitrogens is 1. The molecular formula is C36H39N3. The van der Waals surface area contributed by atoms with Crippen molar-refractivity contribution in [2.24, 2.45) is 0 Å². The maximum absolute atomic E-state index is 5.36. The zero-order chi connectivity index (χ0) is 27.6. The van der Waals surface area contributed by atoms with E-state index in [9.17, 15) is 0 Å². The summed E-state index contributed by atoms with van der Waals surface area (Å²) < 4.78 is 0. The van der Waals surface area contributed by atoms with Gasteiger partial charge in [-0.05, 0) is 86.7 Å². The van der Waals surface area contributed by atoms with Crippen molar-refractivity contribution in [3.05, 3.63) is 131 Å². The molecule has 0 aliphatic carbocycles. The van der Waals surface area contributed by atoms with Crippen LogP contribution in [0.5, 0.6) is 0 Å². The van der Waals surface area contributed by atoms with Crippen LogP contribution in [0.3, 0.4) is 0 Å². The fraction of sp³-hybridized carbons (Fsp3) is 0.250. The number of anilines is 1. The molecule has 0 saturated carbocycles. The van der Waals surface area contributed by atoms with Gasteiger partial charge in [0.1, 0.15) is 0 Å². The van der Waals surface area contributed by atoms with Crippen LogP contribution in [-0.4, -0.2) is 10.5 Å². The summed E-state index contributed by atoms with van der Waals surface area (Å²) >= 11 is 0. The zero-order valence-corrected chi connectivity index (χ0v) is 24.0. The Morgan fingerprint density at radius 1 is 0.744 bits per heavy atom. The third-order valence-electron chi connectivity index (χ3n) is 7.25. The molecule has 0 aliphatic rings. The zero-order valence-electron chi connectivity index (χ0n) is 24.0. The number of aryl methyl sites for hydroxylation is 3. The highest BCUT2D eigenvalue weighted by atomic mass is 15.0. The maximum atomic E-state index is 5.36. The Bertz CT molecular complexity index is 1570. The standard InChI is InChI=1S/C36H39N3/c1-24-21-25(2)34(26(3)22-24)39-35(28-14-8-7-9-15-28)32-18-12-17-31(38-32)33-29(23-37-36(4,5)6)20-19-27-13-10-11-16-30(27)33/h7-22,35,37,39H,23H2,1-6H3. The largest absolute Gasteiger partial charge is 0.372 e. The van der Waals surface area contributed by atoms with E-state index in [0.717, 1.165) is 17.9 Å². The topological polar surface area (TPSA) is 37.0 Å². The first-order valence-electron chi connectivity index (χ1n) is 13.8. The SMILES string of the molecule is Cc1cc(C)c(NC(c2ccccc2)c2cccc(-c3c(CNC(C)(C)C)ccc4ccccc34)n2)c(C)c1. The Kier molecular flexibility index (Phi) is 7.54. The second-order valence-corrected chi connectivity index (χ2v) is 11.6. The van der Waals surface area contributed by atoms with Crippen LogP contribution in [0.1, 0.15) is 60.3 Å². The van der Waals surface area contributed by atoms with Crippen molar-refractivity contribution in [2.45, 2.75) is 59.7 Å². The van der Waals surface area contributed by atoms with E-state index in [-0.39, 0.29) is 11.6 Å².